The smallest absolute Gasteiger partial charge is 0.407 e. The van der Waals surface area contributed by atoms with Crippen molar-refractivity contribution in [2.24, 2.45) is 0 Å². The van der Waals surface area contributed by atoms with Crippen LogP contribution in [0.2, 0.25) is 0 Å². The second kappa shape index (κ2) is 7.85. The van der Waals surface area contributed by atoms with E-state index in [0.717, 1.165) is 25.1 Å². The maximum atomic E-state index is 11.6. The average molecular weight is 279 g/mol. The second-order valence-electron chi connectivity index (χ2n) is 5.87. The zero-order valence-electron chi connectivity index (χ0n) is 12.8. The number of carbonyl (C=O) groups is 1. The standard InChI is InChI=1S/C15H25N3O2/c1-12(18-14(19)20-15(2,3)4)7-9-17-11-13-6-5-8-16-10-13/h5-6,8,10,12,17H,7,9,11H2,1-4H3,(H,18,19). The van der Waals surface area contributed by atoms with Crippen molar-refractivity contribution in [1.82, 2.24) is 15.6 Å². The first kappa shape index (κ1) is 16.4. The molecular formula is C15H25N3O2. The molecular weight excluding hydrogens is 254 g/mol. The van der Waals surface area contributed by atoms with Crippen LogP contribution in [0.5, 0.6) is 0 Å². The van der Waals surface area contributed by atoms with E-state index in [9.17, 15) is 4.79 Å². The molecule has 0 aromatic carbocycles. The van der Waals surface area contributed by atoms with E-state index in [4.69, 9.17) is 4.74 Å². The van der Waals surface area contributed by atoms with Crippen molar-refractivity contribution >= 4 is 6.09 Å². The van der Waals surface area contributed by atoms with Gasteiger partial charge in [0.2, 0.25) is 0 Å². The van der Waals surface area contributed by atoms with Crippen molar-refractivity contribution in [2.75, 3.05) is 6.54 Å². The van der Waals surface area contributed by atoms with E-state index >= 15 is 0 Å². The van der Waals surface area contributed by atoms with Gasteiger partial charge in [0.05, 0.1) is 0 Å². The summed E-state index contributed by atoms with van der Waals surface area (Å²) in [6.07, 6.45) is 4.09. The summed E-state index contributed by atoms with van der Waals surface area (Å²) in [5.41, 5.74) is 0.697. The molecule has 0 saturated heterocycles. The highest BCUT2D eigenvalue weighted by Crippen LogP contribution is 2.07. The molecule has 0 aliphatic carbocycles. The van der Waals surface area contributed by atoms with Gasteiger partial charge in [-0.2, -0.15) is 0 Å². The molecule has 1 aromatic heterocycles. The molecule has 5 nitrogen and oxygen atoms in total. The van der Waals surface area contributed by atoms with E-state index in [1.54, 1.807) is 6.20 Å². The lowest BCUT2D eigenvalue weighted by Crippen LogP contribution is -2.38. The van der Waals surface area contributed by atoms with Gasteiger partial charge in [0.15, 0.2) is 0 Å². The highest BCUT2D eigenvalue weighted by atomic mass is 16.6. The molecule has 0 aliphatic rings. The summed E-state index contributed by atoms with van der Waals surface area (Å²) in [5.74, 6) is 0. The van der Waals surface area contributed by atoms with Gasteiger partial charge in [-0.3, -0.25) is 4.98 Å². The van der Waals surface area contributed by atoms with Crippen molar-refractivity contribution in [3.8, 4) is 0 Å². The van der Waals surface area contributed by atoms with Gasteiger partial charge in [-0.05, 0) is 52.3 Å². The first-order valence-electron chi connectivity index (χ1n) is 6.96. The molecule has 0 spiro atoms. The third kappa shape index (κ3) is 7.74. The molecule has 5 heteroatoms. The normalized spacial score (nSPS) is 12.8. The summed E-state index contributed by atoms with van der Waals surface area (Å²) >= 11 is 0. The monoisotopic (exact) mass is 279 g/mol. The number of rotatable bonds is 6. The van der Waals surface area contributed by atoms with Gasteiger partial charge in [0.25, 0.3) is 0 Å². The predicted octanol–water partition coefficient (Wildman–Crippen LogP) is 2.47. The molecule has 1 atom stereocenters. The van der Waals surface area contributed by atoms with E-state index in [1.807, 2.05) is 46.0 Å². The van der Waals surface area contributed by atoms with Crippen LogP contribution in [0.3, 0.4) is 0 Å². The lowest BCUT2D eigenvalue weighted by molar-refractivity contribution is 0.0506. The fourth-order valence-electron chi connectivity index (χ4n) is 1.63. The van der Waals surface area contributed by atoms with E-state index in [-0.39, 0.29) is 12.1 Å². The van der Waals surface area contributed by atoms with Gasteiger partial charge >= 0.3 is 6.09 Å². The van der Waals surface area contributed by atoms with Gasteiger partial charge in [-0.1, -0.05) is 6.07 Å². The number of hydrogen-bond acceptors (Lipinski definition) is 4. The van der Waals surface area contributed by atoms with E-state index < -0.39 is 5.60 Å². The Bertz CT molecular complexity index is 401. The Hall–Kier alpha value is -1.62. The molecule has 1 aromatic rings. The molecule has 1 amide bonds. The molecule has 2 N–H and O–H groups in total. The summed E-state index contributed by atoms with van der Waals surface area (Å²) in [7, 11) is 0. The van der Waals surface area contributed by atoms with Crippen molar-refractivity contribution in [2.45, 2.75) is 52.3 Å². The highest BCUT2D eigenvalue weighted by Gasteiger charge is 2.17. The van der Waals surface area contributed by atoms with Crippen LogP contribution in [-0.2, 0) is 11.3 Å². The fourth-order valence-corrected chi connectivity index (χ4v) is 1.63. The summed E-state index contributed by atoms with van der Waals surface area (Å²) < 4.78 is 5.21. The molecule has 1 heterocycles. The lowest BCUT2D eigenvalue weighted by Gasteiger charge is -2.22. The molecule has 0 saturated carbocycles. The Kier molecular flexibility index (Phi) is 6.45. The Balaban J connectivity index is 2.14. The van der Waals surface area contributed by atoms with Crippen molar-refractivity contribution < 1.29 is 9.53 Å². The molecule has 1 unspecified atom stereocenters. The number of hydrogen-bond donors (Lipinski definition) is 2. The van der Waals surface area contributed by atoms with Crippen LogP contribution in [0.15, 0.2) is 24.5 Å². The Morgan fingerprint density at radius 3 is 2.80 bits per heavy atom. The zero-order chi connectivity index (χ0) is 15.0. The Morgan fingerprint density at radius 1 is 1.45 bits per heavy atom. The summed E-state index contributed by atoms with van der Waals surface area (Å²) in [6.45, 7) is 9.14. The molecule has 1 rings (SSSR count). The first-order valence-corrected chi connectivity index (χ1v) is 6.96. The maximum Gasteiger partial charge on any atom is 0.407 e. The molecule has 0 radical (unpaired) electrons. The molecule has 0 fully saturated rings. The summed E-state index contributed by atoms with van der Waals surface area (Å²) in [6, 6.07) is 4.03. The number of alkyl carbamates (subject to hydrolysis) is 1. The maximum absolute atomic E-state index is 11.6. The summed E-state index contributed by atoms with van der Waals surface area (Å²) in [4.78, 5) is 15.6. The fraction of sp³-hybridized carbons (Fsp3) is 0.600. The lowest BCUT2D eigenvalue weighted by atomic mass is 10.2. The summed E-state index contributed by atoms with van der Waals surface area (Å²) in [5, 5.41) is 6.14. The van der Waals surface area contributed by atoms with Gasteiger partial charge in [0.1, 0.15) is 5.60 Å². The largest absolute Gasteiger partial charge is 0.444 e. The van der Waals surface area contributed by atoms with Crippen LogP contribution in [0.4, 0.5) is 4.79 Å². The number of pyridine rings is 1. The zero-order valence-corrected chi connectivity index (χ0v) is 12.8. The highest BCUT2D eigenvalue weighted by molar-refractivity contribution is 5.67. The second-order valence-corrected chi connectivity index (χ2v) is 5.87. The number of carbonyl (C=O) groups excluding carboxylic acids is 1. The van der Waals surface area contributed by atoms with Gasteiger partial charge < -0.3 is 15.4 Å². The number of nitrogens with one attached hydrogen (secondary N) is 2. The van der Waals surface area contributed by atoms with Crippen LogP contribution in [-0.4, -0.2) is 29.3 Å². The van der Waals surface area contributed by atoms with E-state index in [1.165, 1.54) is 0 Å². The third-order valence-corrected chi connectivity index (χ3v) is 2.57. The number of nitrogens with zero attached hydrogens (tertiary/aromatic N) is 1. The minimum Gasteiger partial charge on any atom is -0.444 e. The van der Waals surface area contributed by atoms with Gasteiger partial charge in [-0.25, -0.2) is 4.79 Å². The van der Waals surface area contributed by atoms with E-state index in [0.29, 0.717) is 0 Å². The molecule has 20 heavy (non-hydrogen) atoms. The van der Waals surface area contributed by atoms with E-state index in [2.05, 4.69) is 15.6 Å². The first-order chi connectivity index (χ1) is 9.37. The van der Waals surface area contributed by atoms with Gasteiger partial charge in [-0.15, -0.1) is 0 Å². The quantitative estimate of drug-likeness (QED) is 0.785. The van der Waals surface area contributed by atoms with Crippen LogP contribution in [0, 0.1) is 0 Å². The SMILES string of the molecule is CC(CCNCc1cccnc1)NC(=O)OC(C)(C)C. The van der Waals surface area contributed by atoms with Crippen LogP contribution in [0.25, 0.3) is 0 Å². The number of ether oxygens (including phenoxy) is 1. The molecule has 112 valence electrons. The molecule has 0 aliphatic heterocycles. The third-order valence-electron chi connectivity index (χ3n) is 2.57. The Morgan fingerprint density at radius 2 is 2.20 bits per heavy atom. The van der Waals surface area contributed by atoms with Crippen molar-refractivity contribution in [1.29, 1.82) is 0 Å². The van der Waals surface area contributed by atoms with Crippen LogP contribution in [0.1, 0.15) is 39.7 Å². The van der Waals surface area contributed by atoms with Crippen molar-refractivity contribution in [3.05, 3.63) is 30.1 Å². The van der Waals surface area contributed by atoms with Crippen LogP contribution < -0.4 is 10.6 Å². The van der Waals surface area contributed by atoms with Gasteiger partial charge in [0, 0.05) is 25.0 Å². The minimum atomic E-state index is -0.456. The topological polar surface area (TPSA) is 63.2 Å². The van der Waals surface area contributed by atoms with Crippen LogP contribution >= 0.6 is 0 Å². The predicted molar refractivity (Wildman–Crippen MR) is 79.4 cm³/mol. The number of amides is 1. The molecule has 0 bridgehead atoms. The minimum absolute atomic E-state index is 0.0752. The Labute approximate surface area is 121 Å². The van der Waals surface area contributed by atoms with Crippen molar-refractivity contribution in [3.63, 3.8) is 0 Å². The number of aromatic nitrogens is 1. The average Bonchev–Trinajstić information content (AvgIpc) is 2.33.